The lowest BCUT2D eigenvalue weighted by Gasteiger charge is -2.20. The monoisotopic (exact) mass is 275 g/mol. The highest BCUT2D eigenvalue weighted by Gasteiger charge is 2.45. The number of nitrogens with one attached hydrogen (secondary N) is 1. The predicted octanol–water partition coefficient (Wildman–Crippen LogP) is 0.905. The summed E-state index contributed by atoms with van der Waals surface area (Å²) >= 11 is 0. The zero-order valence-corrected chi connectivity index (χ0v) is 11.9. The van der Waals surface area contributed by atoms with Crippen LogP contribution >= 0.6 is 0 Å². The Balaban J connectivity index is 2.38. The summed E-state index contributed by atoms with van der Waals surface area (Å²) in [5.41, 5.74) is -0.654. The van der Waals surface area contributed by atoms with E-state index in [2.05, 4.69) is 5.32 Å². The minimum atomic E-state index is -1.28. The highest BCUT2D eigenvalue weighted by Crippen LogP contribution is 2.49. The molecule has 0 aromatic heterocycles. The zero-order valence-electron chi connectivity index (χ0n) is 11.1. The molecule has 5 nitrogen and oxygen atoms in total. The Morgan fingerprint density at radius 1 is 1.33 bits per heavy atom. The molecule has 0 aliphatic heterocycles. The number of aliphatic carboxylic acids is 1. The van der Waals surface area contributed by atoms with Crippen LogP contribution in [0.4, 0.5) is 0 Å². The molecule has 1 aliphatic rings. The van der Waals surface area contributed by atoms with Crippen LogP contribution in [-0.4, -0.2) is 38.2 Å². The van der Waals surface area contributed by atoms with E-state index in [-0.39, 0.29) is 29.0 Å². The SMILES string of the molecule is CC(C)(C)NC(=O)CS(=O)CC1(CC(=O)O)CC1. The molecule has 1 atom stereocenters. The van der Waals surface area contributed by atoms with Crippen molar-refractivity contribution in [3.63, 3.8) is 0 Å². The Kier molecular flexibility index (Phi) is 4.53. The van der Waals surface area contributed by atoms with Gasteiger partial charge >= 0.3 is 5.97 Å². The average molecular weight is 275 g/mol. The summed E-state index contributed by atoms with van der Waals surface area (Å²) in [7, 11) is -1.28. The number of carbonyl (C=O) groups is 2. The molecular weight excluding hydrogens is 254 g/mol. The van der Waals surface area contributed by atoms with Crippen molar-refractivity contribution in [2.75, 3.05) is 11.5 Å². The Hall–Kier alpha value is -0.910. The maximum absolute atomic E-state index is 11.8. The molecule has 6 heteroatoms. The van der Waals surface area contributed by atoms with Crippen molar-refractivity contribution < 1.29 is 18.9 Å². The third-order valence-electron chi connectivity index (χ3n) is 2.76. The third kappa shape index (κ3) is 5.62. The van der Waals surface area contributed by atoms with Gasteiger partial charge < -0.3 is 10.4 Å². The van der Waals surface area contributed by atoms with Gasteiger partial charge in [0.1, 0.15) is 5.75 Å². The van der Waals surface area contributed by atoms with Crippen LogP contribution in [0, 0.1) is 5.41 Å². The van der Waals surface area contributed by atoms with Crippen molar-refractivity contribution in [3.05, 3.63) is 0 Å². The summed E-state index contributed by atoms with van der Waals surface area (Å²) in [5, 5.41) is 11.5. The molecule has 104 valence electrons. The molecule has 1 fully saturated rings. The van der Waals surface area contributed by atoms with Crippen LogP contribution in [-0.2, 0) is 20.4 Å². The topological polar surface area (TPSA) is 83.5 Å². The summed E-state index contributed by atoms with van der Waals surface area (Å²) in [4.78, 5) is 22.2. The van der Waals surface area contributed by atoms with Crippen molar-refractivity contribution in [3.8, 4) is 0 Å². The first kappa shape index (κ1) is 15.1. The lowest BCUT2D eigenvalue weighted by Crippen LogP contribution is -2.43. The van der Waals surface area contributed by atoms with Crippen molar-refractivity contribution in [2.45, 2.75) is 45.6 Å². The molecule has 0 spiro atoms. The van der Waals surface area contributed by atoms with Crippen LogP contribution in [0.2, 0.25) is 0 Å². The van der Waals surface area contributed by atoms with Gasteiger partial charge in [0.25, 0.3) is 0 Å². The van der Waals surface area contributed by atoms with Gasteiger partial charge in [-0.1, -0.05) is 0 Å². The average Bonchev–Trinajstić information content (AvgIpc) is 2.77. The van der Waals surface area contributed by atoms with E-state index in [1.165, 1.54) is 0 Å². The van der Waals surface area contributed by atoms with Gasteiger partial charge in [0, 0.05) is 22.1 Å². The van der Waals surface area contributed by atoms with Gasteiger partial charge in [-0.25, -0.2) is 0 Å². The summed E-state index contributed by atoms with van der Waals surface area (Å²) in [6.07, 6.45) is 1.65. The third-order valence-corrected chi connectivity index (χ3v) is 4.28. The highest BCUT2D eigenvalue weighted by molar-refractivity contribution is 7.85. The molecule has 2 N–H and O–H groups in total. The molecule has 1 rings (SSSR count). The number of amides is 1. The summed E-state index contributed by atoms with van der Waals surface area (Å²) in [6, 6.07) is 0. The van der Waals surface area contributed by atoms with Crippen LogP contribution in [0.5, 0.6) is 0 Å². The Bertz CT molecular complexity index is 369. The second kappa shape index (κ2) is 5.38. The number of carbonyl (C=O) groups excluding carboxylic acids is 1. The summed E-state index contributed by atoms with van der Waals surface area (Å²) in [5.74, 6) is -0.828. The molecule has 1 aliphatic carbocycles. The van der Waals surface area contributed by atoms with Crippen LogP contribution in [0.1, 0.15) is 40.0 Å². The standard InChI is InChI=1S/C12H21NO4S/c1-11(2,3)13-9(14)7-18(17)8-12(4-5-12)6-10(15)16/h4-8H2,1-3H3,(H,13,14)(H,15,16). The van der Waals surface area contributed by atoms with Crippen molar-refractivity contribution >= 4 is 22.7 Å². The van der Waals surface area contributed by atoms with Crippen molar-refractivity contribution in [1.29, 1.82) is 0 Å². The first-order valence-electron chi connectivity index (χ1n) is 6.00. The maximum atomic E-state index is 11.8. The molecule has 1 amide bonds. The number of hydrogen-bond donors (Lipinski definition) is 2. The molecule has 0 radical (unpaired) electrons. The largest absolute Gasteiger partial charge is 0.481 e. The van der Waals surface area contributed by atoms with Crippen molar-refractivity contribution in [2.24, 2.45) is 5.41 Å². The van der Waals surface area contributed by atoms with E-state index in [0.717, 1.165) is 12.8 Å². The van der Waals surface area contributed by atoms with Gasteiger partial charge in [0.15, 0.2) is 0 Å². The van der Waals surface area contributed by atoms with Crippen molar-refractivity contribution in [1.82, 2.24) is 5.32 Å². The minimum Gasteiger partial charge on any atom is -0.481 e. The smallest absolute Gasteiger partial charge is 0.303 e. The van der Waals surface area contributed by atoms with E-state index >= 15 is 0 Å². The zero-order chi connectivity index (χ0) is 14.0. The van der Waals surface area contributed by atoms with Crippen LogP contribution in [0.25, 0.3) is 0 Å². The summed E-state index contributed by atoms with van der Waals surface area (Å²) < 4.78 is 11.8. The van der Waals surface area contributed by atoms with E-state index < -0.39 is 16.8 Å². The van der Waals surface area contributed by atoms with Gasteiger partial charge in [-0.05, 0) is 39.0 Å². The van der Waals surface area contributed by atoms with Gasteiger partial charge in [-0.15, -0.1) is 0 Å². The molecule has 0 aromatic rings. The second-order valence-electron chi connectivity index (χ2n) is 6.10. The van der Waals surface area contributed by atoms with Gasteiger partial charge in [-0.2, -0.15) is 0 Å². The number of carboxylic acids is 1. The van der Waals surface area contributed by atoms with Gasteiger partial charge in [0.2, 0.25) is 5.91 Å². The Morgan fingerprint density at radius 2 is 1.89 bits per heavy atom. The molecule has 0 bridgehead atoms. The lowest BCUT2D eigenvalue weighted by atomic mass is 10.1. The van der Waals surface area contributed by atoms with E-state index in [1.54, 1.807) is 0 Å². The first-order chi connectivity index (χ1) is 8.12. The quantitative estimate of drug-likeness (QED) is 0.754. The normalized spacial score (nSPS) is 19.1. The fourth-order valence-corrected chi connectivity index (χ4v) is 3.40. The number of rotatable bonds is 6. The predicted molar refractivity (Wildman–Crippen MR) is 69.7 cm³/mol. The fraction of sp³-hybridized carbons (Fsp3) is 0.833. The van der Waals surface area contributed by atoms with Gasteiger partial charge in [-0.3, -0.25) is 13.8 Å². The molecule has 0 saturated heterocycles. The number of carboxylic acid groups (broad SMARTS) is 1. The maximum Gasteiger partial charge on any atom is 0.303 e. The van der Waals surface area contributed by atoms with Gasteiger partial charge in [0.05, 0.1) is 6.42 Å². The molecule has 0 heterocycles. The van der Waals surface area contributed by atoms with E-state index in [0.29, 0.717) is 5.75 Å². The van der Waals surface area contributed by atoms with Crippen LogP contribution in [0.15, 0.2) is 0 Å². The molecule has 18 heavy (non-hydrogen) atoms. The van der Waals surface area contributed by atoms with E-state index in [4.69, 9.17) is 5.11 Å². The molecule has 1 unspecified atom stereocenters. The van der Waals surface area contributed by atoms with E-state index in [1.807, 2.05) is 20.8 Å². The lowest BCUT2D eigenvalue weighted by molar-refractivity contribution is -0.138. The Labute approximate surface area is 110 Å². The number of hydrogen-bond acceptors (Lipinski definition) is 3. The molecule has 0 aromatic carbocycles. The molecule has 1 saturated carbocycles. The second-order valence-corrected chi connectivity index (χ2v) is 7.55. The van der Waals surface area contributed by atoms with Crippen LogP contribution in [0.3, 0.4) is 0 Å². The summed E-state index contributed by atoms with van der Waals surface area (Å²) in [6.45, 7) is 5.59. The highest BCUT2D eigenvalue weighted by atomic mass is 32.2. The Morgan fingerprint density at radius 3 is 2.28 bits per heavy atom. The van der Waals surface area contributed by atoms with E-state index in [9.17, 15) is 13.8 Å². The first-order valence-corrected chi connectivity index (χ1v) is 7.49. The van der Waals surface area contributed by atoms with Crippen LogP contribution < -0.4 is 5.32 Å². The fourth-order valence-electron chi connectivity index (χ4n) is 1.86. The minimum absolute atomic E-state index is 0.0430. The molecular formula is C12H21NO4S.